The fourth-order valence-corrected chi connectivity index (χ4v) is 2.51. The molecule has 2 aromatic carbocycles. The van der Waals surface area contributed by atoms with Crippen molar-refractivity contribution in [1.29, 1.82) is 0 Å². The van der Waals surface area contributed by atoms with Gasteiger partial charge in [0, 0.05) is 0 Å². The smallest absolute Gasteiger partial charge is 0.238 e. The van der Waals surface area contributed by atoms with E-state index >= 15 is 0 Å². The lowest BCUT2D eigenvalue weighted by Gasteiger charge is -2.12. The molecule has 0 saturated heterocycles. The highest BCUT2D eigenvalue weighted by molar-refractivity contribution is 7.89. The number of ether oxygens (including phenoxy) is 1. The van der Waals surface area contributed by atoms with E-state index in [-0.39, 0.29) is 17.3 Å². The summed E-state index contributed by atoms with van der Waals surface area (Å²) in [4.78, 5) is 0.0364. The van der Waals surface area contributed by atoms with Gasteiger partial charge in [-0.1, -0.05) is 6.07 Å². The van der Waals surface area contributed by atoms with E-state index < -0.39 is 10.0 Å². The van der Waals surface area contributed by atoms with Gasteiger partial charge in [0.1, 0.15) is 18.2 Å². The average Bonchev–Trinajstić information content (AvgIpc) is 2.40. The average molecular weight is 309 g/mol. The molecule has 112 valence electrons. The van der Waals surface area contributed by atoms with Crippen molar-refractivity contribution in [2.45, 2.75) is 25.3 Å². The van der Waals surface area contributed by atoms with Gasteiger partial charge in [0.05, 0.1) is 4.90 Å². The van der Waals surface area contributed by atoms with Gasteiger partial charge >= 0.3 is 0 Å². The second-order valence-electron chi connectivity index (χ2n) is 4.83. The fraction of sp³-hybridized carbons (Fsp3) is 0.200. The summed E-state index contributed by atoms with van der Waals surface area (Å²) in [5.74, 6) is 0.214. The molecule has 0 radical (unpaired) electrons. The molecule has 0 spiro atoms. The molecule has 2 N–H and O–H groups in total. The topological polar surface area (TPSA) is 69.4 Å². The minimum absolute atomic E-state index is 0.0364. The molecule has 0 aliphatic rings. The number of rotatable bonds is 4. The number of benzene rings is 2. The van der Waals surface area contributed by atoms with E-state index in [1.165, 1.54) is 24.3 Å². The van der Waals surface area contributed by atoms with Gasteiger partial charge in [0.15, 0.2) is 0 Å². The maximum Gasteiger partial charge on any atom is 0.238 e. The number of primary sulfonamides is 1. The van der Waals surface area contributed by atoms with Gasteiger partial charge in [-0.05, 0) is 60.9 Å². The first-order valence-corrected chi connectivity index (χ1v) is 7.83. The van der Waals surface area contributed by atoms with Crippen molar-refractivity contribution >= 4 is 10.0 Å². The highest BCUT2D eigenvalue weighted by Gasteiger charge is 2.10. The predicted octanol–water partition coefficient (Wildman–Crippen LogP) is 2.67. The molecule has 0 saturated carbocycles. The van der Waals surface area contributed by atoms with E-state index in [0.717, 1.165) is 11.1 Å². The van der Waals surface area contributed by atoms with Crippen LogP contribution >= 0.6 is 0 Å². The zero-order valence-electron chi connectivity index (χ0n) is 11.8. The molecule has 0 unspecified atom stereocenters. The third-order valence-electron chi connectivity index (χ3n) is 3.17. The van der Waals surface area contributed by atoms with Crippen LogP contribution in [0, 0.1) is 19.7 Å². The Balaban J connectivity index is 2.19. The van der Waals surface area contributed by atoms with Gasteiger partial charge in [-0.3, -0.25) is 0 Å². The third kappa shape index (κ3) is 3.80. The van der Waals surface area contributed by atoms with Crippen molar-refractivity contribution < 1.29 is 17.5 Å². The Morgan fingerprint density at radius 3 is 2.43 bits per heavy atom. The van der Waals surface area contributed by atoms with Crippen molar-refractivity contribution in [1.82, 2.24) is 0 Å². The number of sulfonamides is 1. The summed E-state index contributed by atoms with van der Waals surface area (Å²) in [6, 6.07) is 8.88. The molecule has 2 rings (SSSR count). The van der Waals surface area contributed by atoms with Crippen LogP contribution in [0.3, 0.4) is 0 Å². The maximum atomic E-state index is 13.2. The molecule has 0 heterocycles. The van der Waals surface area contributed by atoms with E-state index in [9.17, 15) is 12.8 Å². The lowest BCUT2D eigenvalue weighted by atomic mass is 10.1. The molecule has 0 aromatic heterocycles. The zero-order valence-corrected chi connectivity index (χ0v) is 12.6. The van der Waals surface area contributed by atoms with Crippen LogP contribution in [0.5, 0.6) is 5.75 Å². The van der Waals surface area contributed by atoms with E-state index in [1.807, 2.05) is 6.92 Å². The molecule has 0 atom stereocenters. The van der Waals surface area contributed by atoms with Crippen LogP contribution in [0.2, 0.25) is 0 Å². The third-order valence-corrected chi connectivity index (χ3v) is 4.08. The van der Waals surface area contributed by atoms with E-state index in [2.05, 4.69) is 0 Å². The molecule has 2 aromatic rings. The van der Waals surface area contributed by atoms with Gasteiger partial charge in [0.2, 0.25) is 10.0 Å². The molecule has 0 fully saturated rings. The standard InChI is InChI=1S/C15H16FNO3S/c1-10-3-4-13(16)8-12(10)9-20-15-6-5-14(7-11(15)2)21(17,18)19/h3-8H,9H2,1-2H3,(H2,17,18,19). The lowest BCUT2D eigenvalue weighted by molar-refractivity contribution is 0.302. The SMILES string of the molecule is Cc1ccc(F)cc1COc1ccc(S(N)(=O)=O)cc1C. The Kier molecular flexibility index (Phi) is 4.29. The second kappa shape index (κ2) is 5.83. The summed E-state index contributed by atoms with van der Waals surface area (Å²) in [6.07, 6.45) is 0. The van der Waals surface area contributed by atoms with Gasteiger partial charge in [-0.15, -0.1) is 0 Å². The second-order valence-corrected chi connectivity index (χ2v) is 6.39. The highest BCUT2D eigenvalue weighted by atomic mass is 32.2. The minimum Gasteiger partial charge on any atom is -0.489 e. The number of hydrogen-bond donors (Lipinski definition) is 1. The first-order chi connectivity index (χ1) is 9.77. The van der Waals surface area contributed by atoms with Crippen LogP contribution in [0.1, 0.15) is 16.7 Å². The summed E-state index contributed by atoms with van der Waals surface area (Å²) >= 11 is 0. The summed E-state index contributed by atoms with van der Waals surface area (Å²) in [7, 11) is -3.73. The molecule has 0 aliphatic heterocycles. The van der Waals surface area contributed by atoms with Crippen LogP contribution in [-0.2, 0) is 16.6 Å². The molecule has 6 heteroatoms. The van der Waals surface area contributed by atoms with Crippen molar-refractivity contribution in [2.75, 3.05) is 0 Å². The van der Waals surface area contributed by atoms with Gasteiger partial charge in [-0.25, -0.2) is 17.9 Å². The van der Waals surface area contributed by atoms with Crippen LogP contribution in [0.15, 0.2) is 41.3 Å². The Morgan fingerprint density at radius 1 is 1.10 bits per heavy atom. The first-order valence-electron chi connectivity index (χ1n) is 6.28. The van der Waals surface area contributed by atoms with Crippen molar-refractivity contribution in [3.05, 3.63) is 58.9 Å². The van der Waals surface area contributed by atoms with Gasteiger partial charge in [-0.2, -0.15) is 0 Å². The zero-order chi connectivity index (χ0) is 15.6. The van der Waals surface area contributed by atoms with Crippen molar-refractivity contribution in [2.24, 2.45) is 5.14 Å². The van der Waals surface area contributed by atoms with Crippen LogP contribution in [0.4, 0.5) is 4.39 Å². The van der Waals surface area contributed by atoms with Gasteiger partial charge in [0.25, 0.3) is 0 Å². The van der Waals surface area contributed by atoms with Crippen LogP contribution in [0.25, 0.3) is 0 Å². The maximum absolute atomic E-state index is 13.2. The van der Waals surface area contributed by atoms with E-state index in [0.29, 0.717) is 11.3 Å². The van der Waals surface area contributed by atoms with Gasteiger partial charge < -0.3 is 4.74 Å². The van der Waals surface area contributed by atoms with E-state index in [4.69, 9.17) is 9.88 Å². The molecule has 4 nitrogen and oxygen atoms in total. The summed E-state index contributed by atoms with van der Waals surface area (Å²) in [5, 5.41) is 5.07. The Labute approximate surface area is 123 Å². The number of halogens is 1. The van der Waals surface area contributed by atoms with Crippen molar-refractivity contribution in [3.8, 4) is 5.75 Å². The van der Waals surface area contributed by atoms with E-state index in [1.54, 1.807) is 19.1 Å². The Bertz CT molecular complexity index is 772. The normalized spacial score (nSPS) is 11.4. The molecule has 0 amide bonds. The van der Waals surface area contributed by atoms with Crippen molar-refractivity contribution in [3.63, 3.8) is 0 Å². The summed E-state index contributed by atoms with van der Waals surface area (Å²) in [5.41, 5.74) is 2.32. The Hall–Kier alpha value is -1.92. The monoisotopic (exact) mass is 309 g/mol. The fourth-order valence-electron chi connectivity index (χ4n) is 1.91. The predicted molar refractivity (Wildman–Crippen MR) is 78.0 cm³/mol. The number of aryl methyl sites for hydroxylation is 2. The minimum atomic E-state index is -3.73. The molecule has 21 heavy (non-hydrogen) atoms. The Morgan fingerprint density at radius 2 is 1.81 bits per heavy atom. The number of hydrogen-bond acceptors (Lipinski definition) is 3. The molecule has 0 aliphatic carbocycles. The first kappa shape index (κ1) is 15.5. The quantitative estimate of drug-likeness (QED) is 0.944. The molecular formula is C15H16FNO3S. The van der Waals surface area contributed by atoms with Crippen LogP contribution in [-0.4, -0.2) is 8.42 Å². The number of nitrogens with two attached hydrogens (primary N) is 1. The summed E-state index contributed by atoms with van der Waals surface area (Å²) in [6.45, 7) is 3.80. The van der Waals surface area contributed by atoms with Crippen LogP contribution < -0.4 is 9.88 Å². The molecular weight excluding hydrogens is 293 g/mol. The highest BCUT2D eigenvalue weighted by Crippen LogP contribution is 2.23. The molecule has 0 bridgehead atoms. The summed E-state index contributed by atoms with van der Waals surface area (Å²) < 4.78 is 41.3. The largest absolute Gasteiger partial charge is 0.489 e. The lowest BCUT2D eigenvalue weighted by Crippen LogP contribution is -2.12.